The number of aliphatic hydroxyl groups is 1. The number of aliphatic hydroxyl groups excluding tert-OH is 1. The first kappa shape index (κ1) is 16.4. The first-order valence-electron chi connectivity index (χ1n) is 6.85. The summed E-state index contributed by atoms with van der Waals surface area (Å²) in [4.78, 5) is 4.16. The van der Waals surface area contributed by atoms with Gasteiger partial charge in [-0.05, 0) is 31.8 Å². The molecule has 0 heterocycles. The van der Waals surface area contributed by atoms with Crippen LogP contribution in [0.3, 0.4) is 0 Å². The first-order chi connectivity index (χ1) is 9.58. The summed E-state index contributed by atoms with van der Waals surface area (Å²) in [5.41, 5.74) is 7.19. The summed E-state index contributed by atoms with van der Waals surface area (Å²) in [6.07, 6.45) is 4.64. The van der Waals surface area contributed by atoms with Crippen LogP contribution in [0, 0.1) is 0 Å². The molecule has 0 aromatic rings. The standard InChI is InChI=1S/C15H24FN3O/c1-4-10(5-2)11(9-17)15(18-3)19-13-8-6-7-12(16)14(13)20/h4-5,9,12-14,20H,1,6-8,17H2,2-3H3,(H,18,19)/b10-5+,11-9?/t12?,13-,14+/m0/s1. The van der Waals surface area contributed by atoms with Crippen LogP contribution in [-0.4, -0.2) is 36.3 Å². The fourth-order valence-corrected chi connectivity index (χ4v) is 2.42. The van der Waals surface area contributed by atoms with Crippen LogP contribution < -0.4 is 11.1 Å². The third-order valence-corrected chi connectivity index (χ3v) is 3.59. The predicted molar refractivity (Wildman–Crippen MR) is 81.3 cm³/mol. The van der Waals surface area contributed by atoms with Crippen LogP contribution in [0.2, 0.25) is 0 Å². The fourth-order valence-electron chi connectivity index (χ4n) is 2.42. The van der Waals surface area contributed by atoms with E-state index in [1.165, 1.54) is 6.20 Å². The molecule has 0 bridgehead atoms. The lowest BCUT2D eigenvalue weighted by Gasteiger charge is -2.32. The summed E-state index contributed by atoms with van der Waals surface area (Å²) in [6.45, 7) is 5.61. The van der Waals surface area contributed by atoms with Gasteiger partial charge in [-0.1, -0.05) is 18.7 Å². The van der Waals surface area contributed by atoms with Crippen LogP contribution in [0.1, 0.15) is 26.2 Å². The highest BCUT2D eigenvalue weighted by molar-refractivity contribution is 6.02. The van der Waals surface area contributed by atoms with Gasteiger partial charge in [0.05, 0.1) is 6.04 Å². The van der Waals surface area contributed by atoms with E-state index in [0.29, 0.717) is 24.3 Å². The molecule has 1 aliphatic rings. The van der Waals surface area contributed by atoms with Gasteiger partial charge in [0, 0.05) is 18.8 Å². The van der Waals surface area contributed by atoms with Crippen LogP contribution in [0.4, 0.5) is 4.39 Å². The van der Waals surface area contributed by atoms with Gasteiger partial charge in [-0.2, -0.15) is 0 Å². The Morgan fingerprint density at radius 2 is 2.20 bits per heavy atom. The number of nitrogens with zero attached hydrogens (tertiary/aromatic N) is 1. The molecule has 112 valence electrons. The Hall–Kier alpha value is -1.62. The topological polar surface area (TPSA) is 70.6 Å². The molecule has 1 fully saturated rings. The third kappa shape index (κ3) is 3.70. The van der Waals surface area contributed by atoms with E-state index in [9.17, 15) is 9.50 Å². The van der Waals surface area contributed by atoms with E-state index < -0.39 is 12.3 Å². The molecule has 0 aromatic heterocycles. The van der Waals surface area contributed by atoms with Crippen molar-refractivity contribution >= 4 is 5.84 Å². The van der Waals surface area contributed by atoms with Crippen molar-refractivity contribution in [2.45, 2.75) is 44.5 Å². The minimum Gasteiger partial charge on any atom is -0.404 e. The molecule has 20 heavy (non-hydrogen) atoms. The number of rotatable bonds is 4. The molecule has 5 heteroatoms. The van der Waals surface area contributed by atoms with Gasteiger partial charge >= 0.3 is 0 Å². The smallest absolute Gasteiger partial charge is 0.130 e. The Morgan fingerprint density at radius 1 is 1.50 bits per heavy atom. The highest BCUT2D eigenvalue weighted by atomic mass is 19.1. The molecule has 1 aliphatic carbocycles. The van der Waals surface area contributed by atoms with E-state index in [-0.39, 0.29) is 6.04 Å². The van der Waals surface area contributed by atoms with Gasteiger partial charge < -0.3 is 16.2 Å². The number of nitrogens with two attached hydrogens (primary N) is 1. The molecule has 4 nitrogen and oxygen atoms in total. The molecule has 1 saturated carbocycles. The van der Waals surface area contributed by atoms with Crippen molar-refractivity contribution in [3.05, 3.63) is 36.1 Å². The molecular formula is C15H24FN3O. The normalized spacial score (nSPS) is 29.2. The SMILES string of the molecule is C=C/C(=C\C)C(=CN)C(=NC)N[C@H]1CCCC(F)[C@H]1O. The second-order valence-corrected chi connectivity index (χ2v) is 4.79. The minimum absolute atomic E-state index is 0.352. The Kier molecular flexibility index (Phi) is 6.45. The van der Waals surface area contributed by atoms with Crippen LogP contribution in [0.25, 0.3) is 0 Å². The number of allylic oxidation sites excluding steroid dienone is 2. The van der Waals surface area contributed by atoms with Gasteiger partial charge in [0.1, 0.15) is 18.1 Å². The quantitative estimate of drug-likeness (QED) is 0.418. The first-order valence-corrected chi connectivity index (χ1v) is 6.85. The predicted octanol–water partition coefficient (Wildman–Crippen LogP) is 1.83. The Labute approximate surface area is 120 Å². The highest BCUT2D eigenvalue weighted by Crippen LogP contribution is 2.23. The number of nitrogens with one attached hydrogen (secondary N) is 1. The fraction of sp³-hybridized carbons (Fsp3) is 0.533. The lowest BCUT2D eigenvalue weighted by Crippen LogP contribution is -2.50. The van der Waals surface area contributed by atoms with E-state index in [1.54, 1.807) is 13.1 Å². The largest absolute Gasteiger partial charge is 0.404 e. The molecular weight excluding hydrogens is 257 g/mol. The van der Waals surface area contributed by atoms with Crippen LogP contribution in [0.15, 0.2) is 41.1 Å². The molecule has 0 saturated heterocycles. The summed E-state index contributed by atoms with van der Waals surface area (Å²) >= 11 is 0. The van der Waals surface area contributed by atoms with Gasteiger partial charge in [0.25, 0.3) is 0 Å². The Bertz CT molecular complexity index is 429. The minimum atomic E-state index is -1.19. The van der Waals surface area contributed by atoms with Crippen molar-refractivity contribution in [2.75, 3.05) is 7.05 Å². The second-order valence-electron chi connectivity index (χ2n) is 4.79. The average Bonchev–Trinajstić information content (AvgIpc) is 2.47. The van der Waals surface area contributed by atoms with Gasteiger partial charge in [-0.15, -0.1) is 0 Å². The second kappa shape index (κ2) is 7.85. The summed E-state index contributed by atoms with van der Waals surface area (Å²) in [7, 11) is 1.63. The van der Waals surface area contributed by atoms with E-state index in [2.05, 4.69) is 16.9 Å². The van der Waals surface area contributed by atoms with Crippen molar-refractivity contribution in [1.29, 1.82) is 0 Å². The third-order valence-electron chi connectivity index (χ3n) is 3.59. The number of alkyl halides is 1. The average molecular weight is 281 g/mol. The molecule has 0 spiro atoms. The van der Waals surface area contributed by atoms with E-state index >= 15 is 0 Å². The lowest BCUT2D eigenvalue weighted by atomic mass is 9.90. The van der Waals surface area contributed by atoms with Crippen molar-refractivity contribution < 1.29 is 9.50 Å². The molecule has 0 aliphatic heterocycles. The highest BCUT2D eigenvalue weighted by Gasteiger charge is 2.32. The van der Waals surface area contributed by atoms with Crippen molar-refractivity contribution in [3.63, 3.8) is 0 Å². The monoisotopic (exact) mass is 281 g/mol. The molecule has 3 atom stereocenters. The molecule has 4 N–H and O–H groups in total. The van der Waals surface area contributed by atoms with E-state index in [1.807, 2.05) is 13.0 Å². The van der Waals surface area contributed by atoms with Crippen molar-refractivity contribution in [3.8, 4) is 0 Å². The number of aliphatic imine (C=N–C) groups is 1. The molecule has 0 aromatic carbocycles. The van der Waals surface area contributed by atoms with Crippen molar-refractivity contribution in [1.82, 2.24) is 5.32 Å². The Balaban J connectivity index is 2.89. The molecule has 1 unspecified atom stereocenters. The van der Waals surface area contributed by atoms with Crippen LogP contribution >= 0.6 is 0 Å². The summed E-state index contributed by atoms with van der Waals surface area (Å²) in [5.74, 6) is 0.540. The van der Waals surface area contributed by atoms with Crippen molar-refractivity contribution in [2.24, 2.45) is 10.7 Å². The molecule has 0 amide bonds. The lowest BCUT2D eigenvalue weighted by molar-refractivity contribution is 0.0225. The number of hydrogen-bond acceptors (Lipinski definition) is 3. The van der Waals surface area contributed by atoms with Gasteiger partial charge in [0.2, 0.25) is 0 Å². The zero-order valence-electron chi connectivity index (χ0n) is 12.1. The van der Waals surface area contributed by atoms with Gasteiger partial charge in [-0.25, -0.2) is 4.39 Å². The maximum absolute atomic E-state index is 13.6. The molecule has 0 radical (unpaired) electrons. The summed E-state index contributed by atoms with van der Waals surface area (Å²) < 4.78 is 13.6. The van der Waals surface area contributed by atoms with Gasteiger partial charge in [-0.3, -0.25) is 4.99 Å². The summed E-state index contributed by atoms with van der Waals surface area (Å²) in [6, 6.07) is -0.352. The van der Waals surface area contributed by atoms with E-state index in [4.69, 9.17) is 5.73 Å². The summed E-state index contributed by atoms with van der Waals surface area (Å²) in [5, 5.41) is 13.0. The van der Waals surface area contributed by atoms with Gasteiger partial charge in [0.15, 0.2) is 0 Å². The zero-order valence-corrected chi connectivity index (χ0v) is 12.1. The Morgan fingerprint density at radius 3 is 2.70 bits per heavy atom. The van der Waals surface area contributed by atoms with E-state index in [0.717, 1.165) is 12.0 Å². The maximum atomic E-state index is 13.6. The zero-order chi connectivity index (χ0) is 15.1. The molecule has 1 rings (SSSR count). The van der Waals surface area contributed by atoms with Crippen LogP contribution in [-0.2, 0) is 0 Å². The number of hydrogen-bond donors (Lipinski definition) is 3. The number of amidine groups is 1. The van der Waals surface area contributed by atoms with Crippen LogP contribution in [0.5, 0.6) is 0 Å². The number of halogens is 1. The maximum Gasteiger partial charge on any atom is 0.130 e.